The van der Waals surface area contributed by atoms with Gasteiger partial charge in [-0.1, -0.05) is 74.9 Å². The molecule has 0 bridgehead atoms. The zero-order valence-electron chi connectivity index (χ0n) is 14.5. The van der Waals surface area contributed by atoms with Gasteiger partial charge in [-0.2, -0.15) is 0 Å². The van der Waals surface area contributed by atoms with E-state index in [1.54, 1.807) is 0 Å². The molecule has 0 aliphatic carbocycles. The van der Waals surface area contributed by atoms with Crippen molar-refractivity contribution in [1.29, 1.82) is 0 Å². The van der Waals surface area contributed by atoms with Gasteiger partial charge in [0.15, 0.2) is 0 Å². The Kier molecular flexibility index (Phi) is 6.76. The van der Waals surface area contributed by atoms with Crippen molar-refractivity contribution in [2.24, 2.45) is 5.73 Å². The van der Waals surface area contributed by atoms with Crippen LogP contribution in [0.25, 0.3) is 12.2 Å². The van der Waals surface area contributed by atoms with Gasteiger partial charge in [0.25, 0.3) is 0 Å². The molecule has 3 nitrogen and oxygen atoms in total. The van der Waals surface area contributed by atoms with E-state index in [0.29, 0.717) is 19.5 Å². The number of carbonyl (C=O) groups is 1. The Morgan fingerprint density at radius 1 is 1.04 bits per heavy atom. The predicted molar refractivity (Wildman–Crippen MR) is 105 cm³/mol. The Balaban J connectivity index is 0.000000730. The van der Waals surface area contributed by atoms with E-state index in [-0.39, 0.29) is 7.33 Å². The van der Waals surface area contributed by atoms with E-state index in [4.69, 9.17) is 5.73 Å². The summed E-state index contributed by atoms with van der Waals surface area (Å²) in [5.41, 5.74) is 9.86. The summed E-state index contributed by atoms with van der Waals surface area (Å²) in [5, 5.41) is 0. The molecule has 3 heteroatoms. The van der Waals surface area contributed by atoms with Crippen LogP contribution in [0.15, 0.2) is 48.5 Å². The van der Waals surface area contributed by atoms with Crippen molar-refractivity contribution < 1.29 is 6.22 Å². The zero-order chi connectivity index (χ0) is 17.4. The highest BCUT2D eigenvalue weighted by Crippen LogP contribution is 2.28. The minimum atomic E-state index is 0. The smallest absolute Gasteiger partial charge is 0.228 e. The number of carbonyl (C=O) groups excluding carboxylic acids is 1. The molecule has 1 amide bonds. The number of para-hydroxylation sites is 1. The topological polar surface area (TPSA) is 46.3 Å². The van der Waals surface area contributed by atoms with E-state index in [0.717, 1.165) is 22.4 Å². The van der Waals surface area contributed by atoms with Gasteiger partial charge in [-0.3, -0.25) is 4.79 Å². The molecule has 2 aromatic rings. The van der Waals surface area contributed by atoms with Crippen LogP contribution in [0.5, 0.6) is 0 Å². The summed E-state index contributed by atoms with van der Waals surface area (Å²) in [5.74, 6) is 0.0649. The van der Waals surface area contributed by atoms with Crippen LogP contribution >= 0.6 is 0 Å². The number of fused-ring (bicyclic) bond motifs is 2. The summed E-state index contributed by atoms with van der Waals surface area (Å²) >= 11 is 0. The van der Waals surface area contributed by atoms with Crippen molar-refractivity contribution in [3.63, 3.8) is 0 Å². The lowest BCUT2D eigenvalue weighted by atomic mass is 10.0. The normalized spacial score (nSPS) is 13.5. The lowest BCUT2D eigenvalue weighted by Gasteiger charge is -2.27. The molecule has 3 rings (SSSR count). The number of nitrogens with zero attached hydrogens (tertiary/aromatic N) is 1. The molecule has 0 atom stereocenters. The van der Waals surface area contributed by atoms with E-state index < -0.39 is 0 Å². The van der Waals surface area contributed by atoms with Gasteiger partial charge < -0.3 is 10.6 Å². The average molecular weight is 324 g/mol. The fourth-order valence-electron chi connectivity index (χ4n) is 2.63. The first-order chi connectivity index (χ1) is 11.7. The summed E-state index contributed by atoms with van der Waals surface area (Å²) in [7, 11) is 0. The molecular formula is C21H28N2O. The third-order valence-electron chi connectivity index (χ3n) is 3.71. The first kappa shape index (κ1) is 18.0. The molecule has 128 valence electrons. The fourth-order valence-corrected chi connectivity index (χ4v) is 2.63. The number of hydrogen-bond donors (Lipinski definition) is 1. The van der Waals surface area contributed by atoms with Crippen LogP contribution in [0.4, 0.5) is 5.69 Å². The van der Waals surface area contributed by atoms with E-state index in [9.17, 15) is 4.79 Å². The zero-order valence-corrected chi connectivity index (χ0v) is 14.5. The Morgan fingerprint density at radius 2 is 1.62 bits per heavy atom. The second-order valence-electron chi connectivity index (χ2n) is 5.82. The van der Waals surface area contributed by atoms with Gasteiger partial charge in [0.05, 0.1) is 12.2 Å². The van der Waals surface area contributed by atoms with Crippen LogP contribution in [-0.4, -0.2) is 12.5 Å². The first-order valence-electron chi connectivity index (χ1n) is 8.56. The maximum absolute atomic E-state index is 12.5. The Hall–Kier alpha value is -2.39. The summed E-state index contributed by atoms with van der Waals surface area (Å²) in [6.07, 6.45) is 5.79. The molecule has 0 aromatic heterocycles. The van der Waals surface area contributed by atoms with Crippen LogP contribution in [0.3, 0.4) is 0 Å². The van der Waals surface area contributed by atoms with E-state index in [2.05, 4.69) is 38.1 Å². The predicted octanol–water partition coefficient (Wildman–Crippen LogP) is 4.71. The summed E-state index contributed by atoms with van der Waals surface area (Å²) in [6, 6.07) is 16.1. The number of nitrogens with two attached hydrogens (primary N) is 1. The molecule has 24 heavy (non-hydrogen) atoms. The molecule has 0 saturated heterocycles. The van der Waals surface area contributed by atoms with Gasteiger partial charge in [0.2, 0.25) is 5.91 Å². The first-order valence-corrected chi connectivity index (χ1v) is 8.56. The minimum Gasteiger partial charge on any atom is -0.330 e. The fraction of sp³-hybridized carbons (Fsp3) is 0.286. The number of anilines is 1. The molecule has 2 aromatic carbocycles. The Labute approximate surface area is 146 Å². The van der Waals surface area contributed by atoms with Crippen molar-refractivity contribution in [1.82, 2.24) is 0 Å². The molecule has 1 heterocycles. The molecule has 0 fully saturated rings. The van der Waals surface area contributed by atoms with Crippen molar-refractivity contribution in [3.05, 3.63) is 65.2 Å². The van der Waals surface area contributed by atoms with Crippen LogP contribution in [0.2, 0.25) is 0 Å². The summed E-state index contributed by atoms with van der Waals surface area (Å²) in [4.78, 5) is 14.3. The third-order valence-corrected chi connectivity index (χ3v) is 3.71. The van der Waals surface area contributed by atoms with Gasteiger partial charge in [-0.15, -0.1) is 0 Å². The van der Waals surface area contributed by atoms with Gasteiger partial charge >= 0.3 is 0 Å². The highest BCUT2D eigenvalue weighted by molar-refractivity contribution is 5.97. The second kappa shape index (κ2) is 9.04. The van der Waals surface area contributed by atoms with Crippen LogP contribution in [-0.2, 0) is 11.3 Å². The van der Waals surface area contributed by atoms with Crippen molar-refractivity contribution in [2.45, 2.75) is 33.2 Å². The molecule has 0 spiro atoms. The molecule has 0 radical (unpaired) electrons. The lowest BCUT2D eigenvalue weighted by Crippen LogP contribution is -2.32. The third kappa shape index (κ3) is 4.33. The molecule has 0 unspecified atom stereocenters. The maximum Gasteiger partial charge on any atom is 0.228 e. The molecule has 1 aliphatic heterocycles. The van der Waals surface area contributed by atoms with Crippen LogP contribution < -0.4 is 10.6 Å². The van der Waals surface area contributed by atoms with Crippen molar-refractivity contribution >= 4 is 23.7 Å². The standard InChI is InChI=1S/C18H18N2O.C3H8.H2/c19-12-11-18(21)20-13-16-7-2-1-5-14(16)9-10-15-6-3-4-8-17(15)20;1-3-2;/h1-10H,11-13,19H2;3H2,1-2H3;1H/b10-9-;;. The number of hydrogen-bond acceptors (Lipinski definition) is 2. The van der Waals surface area contributed by atoms with Gasteiger partial charge in [0.1, 0.15) is 0 Å². The van der Waals surface area contributed by atoms with Crippen molar-refractivity contribution in [3.8, 4) is 0 Å². The lowest BCUT2D eigenvalue weighted by molar-refractivity contribution is -0.118. The molecule has 2 N–H and O–H groups in total. The van der Waals surface area contributed by atoms with E-state index in [1.165, 1.54) is 6.42 Å². The van der Waals surface area contributed by atoms with E-state index in [1.807, 2.05) is 41.3 Å². The molecule has 0 saturated carbocycles. The SMILES string of the molecule is CCC.NCCC(=O)N1Cc2ccccc2/C=C\c2ccccc21.[HH]. The second-order valence-corrected chi connectivity index (χ2v) is 5.82. The van der Waals surface area contributed by atoms with Crippen molar-refractivity contribution in [2.75, 3.05) is 11.4 Å². The largest absolute Gasteiger partial charge is 0.330 e. The minimum absolute atomic E-state index is 0. The quantitative estimate of drug-likeness (QED) is 0.869. The Bertz CT molecular complexity index is 713. The highest BCUT2D eigenvalue weighted by Gasteiger charge is 2.19. The molecular weight excluding hydrogens is 296 g/mol. The highest BCUT2D eigenvalue weighted by atomic mass is 16.2. The Morgan fingerprint density at radius 3 is 2.33 bits per heavy atom. The molecule has 1 aliphatic rings. The summed E-state index contributed by atoms with van der Waals surface area (Å²) < 4.78 is 0. The summed E-state index contributed by atoms with van der Waals surface area (Å²) in [6.45, 7) is 5.20. The number of benzene rings is 2. The van der Waals surface area contributed by atoms with Crippen LogP contribution in [0, 0.1) is 0 Å². The van der Waals surface area contributed by atoms with Gasteiger partial charge in [-0.05, 0) is 22.8 Å². The monoisotopic (exact) mass is 324 g/mol. The van der Waals surface area contributed by atoms with Crippen LogP contribution in [0.1, 0.15) is 44.8 Å². The van der Waals surface area contributed by atoms with Gasteiger partial charge in [0, 0.05) is 14.4 Å². The average Bonchev–Trinajstić information content (AvgIpc) is 2.58. The van der Waals surface area contributed by atoms with Gasteiger partial charge in [-0.25, -0.2) is 0 Å². The van der Waals surface area contributed by atoms with E-state index >= 15 is 0 Å². The number of rotatable bonds is 2. The maximum atomic E-state index is 12.5. The number of amides is 1.